The second-order valence-electron chi connectivity index (χ2n) is 2.55. The van der Waals surface area contributed by atoms with Gasteiger partial charge in [-0.3, -0.25) is 0 Å². The van der Waals surface area contributed by atoms with E-state index in [1.54, 1.807) is 0 Å². The second-order valence-corrected chi connectivity index (χ2v) is 2.55. The number of aliphatic hydroxyl groups excluding tert-OH is 4. The standard InChI is InChI=1S/C6H10O8.Na.Zr.H/c7-1(3(9)5(11)12)2(8)4(10)6(13)14;;;/h1-4,7-10H,(H,11,12)(H,13,14);;;/q;+1;;-1/t1-,2-,3-,4+;;;/m0.../s1. The van der Waals surface area contributed by atoms with Gasteiger partial charge in [-0.25, -0.2) is 9.59 Å². The van der Waals surface area contributed by atoms with Crippen molar-refractivity contribution >= 4 is 11.9 Å². The van der Waals surface area contributed by atoms with Crippen LogP contribution in [-0.2, 0) is 35.8 Å². The molecule has 0 aliphatic carbocycles. The van der Waals surface area contributed by atoms with Crippen molar-refractivity contribution in [3.8, 4) is 0 Å². The molecule has 0 saturated heterocycles. The first-order valence-corrected chi connectivity index (χ1v) is 3.47. The molecule has 0 aromatic heterocycles. The fourth-order valence-corrected chi connectivity index (χ4v) is 0.666. The number of carbonyl (C=O) groups is 2. The average Bonchev–Trinajstić information content (AvgIpc) is 2.12. The summed E-state index contributed by atoms with van der Waals surface area (Å²) in [5.41, 5.74) is 0. The molecule has 0 heterocycles. The van der Waals surface area contributed by atoms with Gasteiger partial charge in [0.15, 0.2) is 12.2 Å². The summed E-state index contributed by atoms with van der Waals surface area (Å²) in [6.45, 7) is 0. The molecule has 0 amide bonds. The van der Waals surface area contributed by atoms with Crippen LogP contribution in [0.5, 0.6) is 0 Å². The van der Waals surface area contributed by atoms with Crippen LogP contribution in [0, 0.1) is 0 Å². The normalized spacial score (nSPS) is 17.0. The van der Waals surface area contributed by atoms with Crippen molar-refractivity contribution in [2.24, 2.45) is 0 Å². The Labute approximate surface area is 133 Å². The molecule has 0 aromatic rings. The number of carboxylic acids is 2. The third-order valence-electron chi connectivity index (χ3n) is 1.50. The number of hydrogen-bond donors (Lipinski definition) is 6. The van der Waals surface area contributed by atoms with Gasteiger partial charge in [-0.2, -0.15) is 0 Å². The first-order chi connectivity index (χ1) is 6.29. The minimum absolute atomic E-state index is 0. The first-order valence-electron chi connectivity index (χ1n) is 3.47. The second kappa shape index (κ2) is 9.67. The number of aliphatic carboxylic acids is 2. The van der Waals surface area contributed by atoms with Gasteiger partial charge < -0.3 is 32.1 Å². The molecule has 8 nitrogen and oxygen atoms in total. The molecule has 0 unspecified atom stereocenters. The Kier molecular flexibility index (Phi) is 13.2. The molecule has 0 radical (unpaired) electrons. The van der Waals surface area contributed by atoms with Crippen LogP contribution < -0.4 is 29.6 Å². The Balaban J connectivity index is -0.000000282. The summed E-state index contributed by atoms with van der Waals surface area (Å²) in [5, 5.41) is 51.5. The maximum atomic E-state index is 10.1. The van der Waals surface area contributed by atoms with Crippen LogP contribution in [0.25, 0.3) is 0 Å². The van der Waals surface area contributed by atoms with E-state index in [4.69, 9.17) is 30.6 Å². The van der Waals surface area contributed by atoms with Gasteiger partial charge in [0, 0.05) is 26.2 Å². The molecule has 0 aromatic carbocycles. The Morgan fingerprint density at radius 1 is 0.812 bits per heavy atom. The predicted molar refractivity (Wildman–Crippen MR) is 40.4 cm³/mol. The molecule has 6 N–H and O–H groups in total. The molecule has 16 heavy (non-hydrogen) atoms. The molecule has 4 atom stereocenters. The summed E-state index contributed by atoms with van der Waals surface area (Å²) in [6.07, 6.45) is -9.28. The number of carboxylic acid groups (broad SMARTS) is 2. The summed E-state index contributed by atoms with van der Waals surface area (Å²) >= 11 is 0. The van der Waals surface area contributed by atoms with Crippen LogP contribution in [0.3, 0.4) is 0 Å². The summed E-state index contributed by atoms with van der Waals surface area (Å²) in [4.78, 5) is 20.2. The van der Waals surface area contributed by atoms with Crippen molar-refractivity contribution in [3.05, 3.63) is 0 Å². The van der Waals surface area contributed by atoms with E-state index in [2.05, 4.69) is 0 Å². The maximum absolute atomic E-state index is 10.1. The smallest absolute Gasteiger partial charge is 1.00 e. The molecule has 0 bridgehead atoms. The van der Waals surface area contributed by atoms with E-state index in [1.165, 1.54) is 0 Å². The van der Waals surface area contributed by atoms with Gasteiger partial charge in [0.05, 0.1) is 0 Å². The Hall–Kier alpha value is 0.663. The van der Waals surface area contributed by atoms with E-state index in [-0.39, 0.29) is 57.2 Å². The summed E-state index contributed by atoms with van der Waals surface area (Å²) in [7, 11) is 0. The van der Waals surface area contributed by atoms with Crippen LogP contribution in [0.15, 0.2) is 0 Å². The molecule has 0 saturated carbocycles. The minimum Gasteiger partial charge on any atom is -1.00 e. The largest absolute Gasteiger partial charge is 1.00 e. The summed E-state index contributed by atoms with van der Waals surface area (Å²) < 4.78 is 0. The first kappa shape index (κ1) is 21.9. The van der Waals surface area contributed by atoms with Crippen LogP contribution >= 0.6 is 0 Å². The molecular formula is C6H11NaO8Zr. The van der Waals surface area contributed by atoms with E-state index in [0.29, 0.717) is 0 Å². The van der Waals surface area contributed by atoms with Gasteiger partial charge in [-0.15, -0.1) is 0 Å². The topological polar surface area (TPSA) is 156 Å². The van der Waals surface area contributed by atoms with Crippen LogP contribution in [0.1, 0.15) is 1.43 Å². The summed E-state index contributed by atoms with van der Waals surface area (Å²) in [5.74, 6) is -3.68. The van der Waals surface area contributed by atoms with E-state index in [9.17, 15) is 9.59 Å². The van der Waals surface area contributed by atoms with Crippen molar-refractivity contribution in [1.29, 1.82) is 0 Å². The molecule has 88 valence electrons. The van der Waals surface area contributed by atoms with Gasteiger partial charge in [-0.05, 0) is 0 Å². The van der Waals surface area contributed by atoms with Crippen molar-refractivity contribution in [2.75, 3.05) is 0 Å². The minimum atomic E-state index is -2.36. The third-order valence-corrected chi connectivity index (χ3v) is 1.50. The maximum Gasteiger partial charge on any atom is 1.00 e. The zero-order valence-corrected chi connectivity index (χ0v) is 12.8. The van der Waals surface area contributed by atoms with Crippen LogP contribution in [0.4, 0.5) is 0 Å². The number of hydrogen-bond acceptors (Lipinski definition) is 6. The third kappa shape index (κ3) is 6.41. The van der Waals surface area contributed by atoms with E-state index < -0.39 is 36.4 Å². The zero-order chi connectivity index (χ0) is 11.5. The number of rotatable bonds is 5. The Morgan fingerprint density at radius 2 is 1.00 bits per heavy atom. The van der Waals surface area contributed by atoms with Gasteiger partial charge in [0.1, 0.15) is 12.2 Å². The molecular weight excluding hydrogens is 314 g/mol. The molecule has 0 rings (SSSR count). The van der Waals surface area contributed by atoms with Gasteiger partial charge in [0.25, 0.3) is 0 Å². The molecule has 0 aliphatic rings. The molecule has 0 fully saturated rings. The van der Waals surface area contributed by atoms with Crippen molar-refractivity contribution in [2.45, 2.75) is 24.4 Å². The van der Waals surface area contributed by atoms with Crippen LogP contribution in [-0.4, -0.2) is 67.0 Å². The fraction of sp³-hybridized carbons (Fsp3) is 0.667. The van der Waals surface area contributed by atoms with Gasteiger partial charge in [-0.1, -0.05) is 0 Å². The van der Waals surface area contributed by atoms with Crippen molar-refractivity contribution in [3.63, 3.8) is 0 Å². The van der Waals surface area contributed by atoms with E-state index in [1.807, 2.05) is 0 Å². The van der Waals surface area contributed by atoms with Crippen LogP contribution in [0.2, 0.25) is 0 Å². The Morgan fingerprint density at radius 3 is 1.12 bits per heavy atom. The van der Waals surface area contributed by atoms with Crippen molar-refractivity contribution < 1.29 is 97.4 Å². The summed E-state index contributed by atoms with van der Waals surface area (Å²) in [6, 6.07) is 0. The van der Waals surface area contributed by atoms with Gasteiger partial charge >= 0.3 is 41.5 Å². The van der Waals surface area contributed by atoms with E-state index >= 15 is 0 Å². The van der Waals surface area contributed by atoms with Crippen molar-refractivity contribution in [1.82, 2.24) is 0 Å². The molecule has 10 heteroatoms. The molecule has 0 spiro atoms. The molecule has 0 aliphatic heterocycles. The predicted octanol–water partition coefficient (Wildman–Crippen LogP) is -6.29. The fourth-order valence-electron chi connectivity index (χ4n) is 0.666. The van der Waals surface area contributed by atoms with E-state index in [0.717, 1.165) is 0 Å². The average molecular weight is 325 g/mol. The quantitative estimate of drug-likeness (QED) is 0.273. The zero-order valence-electron chi connectivity index (χ0n) is 9.31. The van der Waals surface area contributed by atoms with Gasteiger partial charge in [0.2, 0.25) is 0 Å². The SMILES string of the molecule is O=C(O)[C@@H](O)[C@@H](O)[C@H](O)[C@@H](O)C(=O)O.[H-].[Na+].[Zr]. The Bertz CT molecular complexity index is 218. The monoisotopic (exact) mass is 324 g/mol. The number of aliphatic hydroxyl groups is 4.